The van der Waals surface area contributed by atoms with Gasteiger partial charge in [0.25, 0.3) is 0 Å². The molecular formula is C35H39F3N6O3S. The molecule has 1 aliphatic rings. The Morgan fingerprint density at radius 3 is 2.46 bits per heavy atom. The van der Waals surface area contributed by atoms with Crippen molar-refractivity contribution in [3.8, 4) is 28.6 Å². The smallest absolute Gasteiger partial charge is 0.497 e. The van der Waals surface area contributed by atoms with E-state index in [1.807, 2.05) is 36.4 Å². The van der Waals surface area contributed by atoms with Crippen LogP contribution >= 0.6 is 11.8 Å². The first kappa shape index (κ1) is 34.8. The number of ether oxygens (including phenoxy) is 2. The van der Waals surface area contributed by atoms with Crippen molar-refractivity contribution in [3.05, 3.63) is 84.2 Å². The van der Waals surface area contributed by atoms with Gasteiger partial charge in [0.2, 0.25) is 0 Å². The van der Waals surface area contributed by atoms with Crippen LogP contribution in [0.3, 0.4) is 0 Å². The van der Waals surface area contributed by atoms with Gasteiger partial charge in [-0.2, -0.15) is 4.99 Å². The zero-order chi connectivity index (χ0) is 34.3. The lowest BCUT2D eigenvalue weighted by Crippen LogP contribution is -2.36. The number of carbonyl (C=O) groups excluding carboxylic acids is 1. The monoisotopic (exact) mass is 680 g/mol. The van der Waals surface area contributed by atoms with E-state index in [1.165, 1.54) is 40.8 Å². The maximum Gasteiger partial charge on any atom is 0.573 e. The van der Waals surface area contributed by atoms with Crippen LogP contribution < -0.4 is 19.7 Å². The van der Waals surface area contributed by atoms with Crippen LogP contribution in [0.5, 0.6) is 11.5 Å². The van der Waals surface area contributed by atoms with Gasteiger partial charge in [-0.3, -0.25) is 0 Å². The summed E-state index contributed by atoms with van der Waals surface area (Å²) in [6, 6.07) is 19.1. The van der Waals surface area contributed by atoms with Crippen molar-refractivity contribution in [1.82, 2.24) is 20.1 Å². The summed E-state index contributed by atoms with van der Waals surface area (Å²) in [5.74, 6) is 2.45. The molecule has 1 fully saturated rings. The van der Waals surface area contributed by atoms with Gasteiger partial charge in [0, 0.05) is 36.2 Å². The molecule has 254 valence electrons. The molecular weight excluding hydrogens is 641 g/mol. The second kappa shape index (κ2) is 15.6. The fourth-order valence-corrected chi connectivity index (χ4v) is 6.37. The number of hydrogen-bond donors (Lipinski definition) is 1. The predicted octanol–water partition coefficient (Wildman–Crippen LogP) is 8.56. The molecule has 48 heavy (non-hydrogen) atoms. The SMILES string of the molecule is COc1ccc(C(C)C)c(N2CCCS/C2=N\C(=O)NCCCC(C)c2ccc(-c3ncn(-c4ccc(OC(F)(F)F)cc4)n3)cc2)c1. The Bertz CT molecular complexity index is 1710. The first-order chi connectivity index (χ1) is 23.0. The summed E-state index contributed by atoms with van der Waals surface area (Å²) in [4.78, 5) is 23.8. The van der Waals surface area contributed by atoms with Crippen LogP contribution in [0.1, 0.15) is 63.0 Å². The van der Waals surface area contributed by atoms with Crippen molar-refractivity contribution in [2.24, 2.45) is 4.99 Å². The van der Waals surface area contributed by atoms with Gasteiger partial charge in [0.1, 0.15) is 17.8 Å². The molecule has 1 atom stereocenters. The fraction of sp³-hybridized carbons (Fsp3) is 0.371. The summed E-state index contributed by atoms with van der Waals surface area (Å²) in [6.45, 7) is 7.76. The minimum absolute atomic E-state index is 0.261. The third kappa shape index (κ3) is 9.09. The lowest BCUT2D eigenvalue weighted by molar-refractivity contribution is -0.274. The van der Waals surface area contributed by atoms with E-state index < -0.39 is 6.36 Å². The first-order valence-corrected chi connectivity index (χ1v) is 16.8. The fourth-order valence-electron chi connectivity index (χ4n) is 5.43. The second-order valence-electron chi connectivity index (χ2n) is 11.8. The topological polar surface area (TPSA) is 93.9 Å². The highest BCUT2D eigenvalue weighted by atomic mass is 32.2. The molecule has 0 saturated carbocycles. The van der Waals surface area contributed by atoms with Crippen LogP contribution in [0.25, 0.3) is 17.1 Å². The number of aliphatic imine (C=N–C) groups is 1. The number of rotatable bonds is 11. The van der Waals surface area contributed by atoms with Crippen molar-refractivity contribution < 1.29 is 27.4 Å². The largest absolute Gasteiger partial charge is 0.573 e. The van der Waals surface area contributed by atoms with Gasteiger partial charge in [-0.15, -0.1) is 18.3 Å². The Labute approximate surface area is 282 Å². The molecule has 13 heteroatoms. The number of anilines is 1. The van der Waals surface area contributed by atoms with E-state index in [-0.39, 0.29) is 17.7 Å². The van der Waals surface area contributed by atoms with Gasteiger partial charge >= 0.3 is 12.4 Å². The maximum atomic E-state index is 12.9. The van der Waals surface area contributed by atoms with E-state index >= 15 is 0 Å². The number of halogens is 3. The first-order valence-electron chi connectivity index (χ1n) is 15.8. The van der Waals surface area contributed by atoms with Gasteiger partial charge in [-0.1, -0.05) is 62.9 Å². The molecule has 4 aromatic rings. The van der Waals surface area contributed by atoms with Crippen molar-refractivity contribution in [1.29, 1.82) is 0 Å². The Morgan fingerprint density at radius 1 is 1.04 bits per heavy atom. The molecule has 1 unspecified atom stereocenters. The van der Waals surface area contributed by atoms with Crippen molar-refractivity contribution >= 4 is 28.6 Å². The Kier molecular flexibility index (Phi) is 11.3. The molecule has 0 spiro atoms. The molecule has 9 nitrogen and oxygen atoms in total. The van der Waals surface area contributed by atoms with Crippen LogP contribution in [0.15, 0.2) is 78.0 Å². The van der Waals surface area contributed by atoms with Crippen LogP contribution in [-0.2, 0) is 0 Å². The normalized spacial score (nSPS) is 15.1. The van der Waals surface area contributed by atoms with E-state index in [4.69, 9.17) is 4.74 Å². The van der Waals surface area contributed by atoms with Gasteiger partial charge in [-0.25, -0.2) is 14.5 Å². The molecule has 2 heterocycles. The van der Waals surface area contributed by atoms with E-state index in [2.05, 4.69) is 56.9 Å². The van der Waals surface area contributed by atoms with Crippen LogP contribution in [0.4, 0.5) is 23.7 Å². The summed E-state index contributed by atoms with van der Waals surface area (Å²) in [7, 11) is 1.65. The molecule has 1 aliphatic heterocycles. The highest BCUT2D eigenvalue weighted by molar-refractivity contribution is 8.14. The number of aromatic nitrogens is 3. The number of amides is 2. The third-order valence-electron chi connectivity index (χ3n) is 7.99. The molecule has 3 aromatic carbocycles. The number of amidine groups is 1. The lowest BCUT2D eigenvalue weighted by atomic mass is 9.95. The quantitative estimate of drug-likeness (QED) is 0.159. The average Bonchev–Trinajstić information content (AvgIpc) is 3.57. The number of carbonyl (C=O) groups is 1. The van der Waals surface area contributed by atoms with Gasteiger partial charge in [0.15, 0.2) is 11.0 Å². The zero-order valence-corrected chi connectivity index (χ0v) is 28.1. The minimum atomic E-state index is -4.75. The molecule has 1 N–H and O–H groups in total. The number of hydrogen-bond acceptors (Lipinski definition) is 6. The van der Waals surface area contributed by atoms with Gasteiger partial charge in [-0.05, 0) is 72.6 Å². The average molecular weight is 681 g/mol. The third-order valence-corrected chi connectivity index (χ3v) is 9.05. The molecule has 5 rings (SSSR count). The van der Waals surface area contributed by atoms with Gasteiger partial charge < -0.3 is 19.7 Å². The molecule has 1 aromatic heterocycles. The van der Waals surface area contributed by atoms with E-state index in [1.54, 1.807) is 18.9 Å². The second-order valence-corrected chi connectivity index (χ2v) is 12.8. The van der Waals surface area contributed by atoms with Crippen molar-refractivity contribution in [2.75, 3.05) is 30.9 Å². The van der Waals surface area contributed by atoms with Crippen LogP contribution in [-0.4, -0.2) is 58.3 Å². The molecule has 1 saturated heterocycles. The molecule has 0 radical (unpaired) electrons. The summed E-state index contributed by atoms with van der Waals surface area (Å²) < 4.78 is 48.2. The van der Waals surface area contributed by atoms with Crippen molar-refractivity contribution in [2.45, 2.75) is 58.2 Å². The summed E-state index contributed by atoms with van der Waals surface area (Å²) in [5.41, 5.74) is 4.74. The number of nitrogens with one attached hydrogen (secondary N) is 1. The molecule has 0 bridgehead atoms. The number of benzene rings is 3. The molecule has 2 amide bonds. The van der Waals surface area contributed by atoms with Gasteiger partial charge in [0.05, 0.1) is 12.8 Å². The standard InChI is InChI=1S/C35H39F3N6O3S/c1-23(2)30-17-16-29(46-4)21-31(30)43-19-6-20-48-34(43)41-33(45)39-18-5-7-24(3)25-8-10-26(11-9-25)32-40-22-44(42-32)27-12-14-28(15-13-27)47-35(36,37)38/h8-17,21-24H,5-7,18-20H2,1-4H3,(H,39,45)/b41-34-. The number of alkyl halides is 3. The maximum absolute atomic E-state index is 12.9. The Hall–Kier alpha value is -4.52. The van der Waals surface area contributed by atoms with E-state index in [0.717, 1.165) is 54.1 Å². The number of methoxy groups -OCH3 is 1. The van der Waals surface area contributed by atoms with Crippen LogP contribution in [0, 0.1) is 0 Å². The van der Waals surface area contributed by atoms with E-state index in [0.29, 0.717) is 29.1 Å². The summed E-state index contributed by atoms with van der Waals surface area (Å²) in [6.07, 6.45) is -0.566. The highest BCUT2D eigenvalue weighted by Gasteiger charge is 2.31. The summed E-state index contributed by atoms with van der Waals surface area (Å²) >= 11 is 1.60. The Balaban J connectivity index is 1.12. The number of nitrogens with zero attached hydrogens (tertiary/aromatic N) is 5. The number of thioether (sulfide) groups is 1. The molecule has 0 aliphatic carbocycles. The Morgan fingerprint density at radius 2 is 1.77 bits per heavy atom. The highest BCUT2D eigenvalue weighted by Crippen LogP contribution is 2.35. The van der Waals surface area contributed by atoms with E-state index in [9.17, 15) is 18.0 Å². The minimum Gasteiger partial charge on any atom is -0.497 e. The lowest BCUT2D eigenvalue weighted by Gasteiger charge is -2.32. The number of urea groups is 1. The predicted molar refractivity (Wildman–Crippen MR) is 183 cm³/mol. The zero-order valence-electron chi connectivity index (χ0n) is 27.3. The summed E-state index contributed by atoms with van der Waals surface area (Å²) in [5, 5.41) is 8.14. The van der Waals surface area contributed by atoms with Crippen molar-refractivity contribution in [3.63, 3.8) is 0 Å². The van der Waals surface area contributed by atoms with Crippen LogP contribution in [0.2, 0.25) is 0 Å².